The molecule has 1 amide bonds. The van der Waals surface area contributed by atoms with Crippen molar-refractivity contribution in [2.24, 2.45) is 0 Å². The smallest absolute Gasteiger partial charge is 0.269 e. The molecule has 0 aliphatic heterocycles. The number of benzene rings is 2. The summed E-state index contributed by atoms with van der Waals surface area (Å²) in [5.41, 5.74) is 0.742. The van der Waals surface area contributed by atoms with Crippen LogP contribution in [0.1, 0.15) is 18.5 Å². The molecule has 7 heteroatoms. The summed E-state index contributed by atoms with van der Waals surface area (Å²) in [5, 5.41) is 3.51. The Labute approximate surface area is 155 Å². The Morgan fingerprint density at radius 3 is 2.58 bits per heavy atom. The molecule has 0 bridgehead atoms. The number of nitrogens with one attached hydrogen (secondary N) is 1. The lowest BCUT2D eigenvalue weighted by molar-refractivity contribution is -0.123. The third-order valence-corrected chi connectivity index (χ3v) is 5.39. The van der Waals surface area contributed by atoms with E-state index in [-0.39, 0.29) is 11.5 Å². The Morgan fingerprint density at radius 1 is 1.15 bits per heavy atom. The standard InChI is InChI=1S/C19H20N2O4S/c1-12(21-19(23)14-6-4-5-7-17(14)26-21)18(22)20-11-13-8-9-15(24-2)16(10-13)25-3/h4-10,12H,11H2,1-3H3,(H,20,22)/t12-/m0/s1. The summed E-state index contributed by atoms with van der Waals surface area (Å²) in [4.78, 5) is 25.0. The number of methoxy groups -OCH3 is 2. The van der Waals surface area contributed by atoms with Crippen LogP contribution in [0.15, 0.2) is 47.3 Å². The van der Waals surface area contributed by atoms with Crippen molar-refractivity contribution in [1.82, 2.24) is 9.27 Å². The topological polar surface area (TPSA) is 69.6 Å². The van der Waals surface area contributed by atoms with Gasteiger partial charge in [-0.1, -0.05) is 29.7 Å². The molecule has 1 atom stereocenters. The first-order valence-corrected chi connectivity index (χ1v) is 8.91. The van der Waals surface area contributed by atoms with Gasteiger partial charge in [0.25, 0.3) is 5.56 Å². The summed E-state index contributed by atoms with van der Waals surface area (Å²) in [6.07, 6.45) is 0. The summed E-state index contributed by atoms with van der Waals surface area (Å²) in [6, 6.07) is 12.2. The lowest BCUT2D eigenvalue weighted by atomic mass is 10.2. The van der Waals surface area contributed by atoms with Gasteiger partial charge in [-0.25, -0.2) is 0 Å². The zero-order chi connectivity index (χ0) is 18.7. The van der Waals surface area contributed by atoms with Gasteiger partial charge in [0.1, 0.15) is 6.04 Å². The van der Waals surface area contributed by atoms with Crippen LogP contribution >= 0.6 is 11.5 Å². The first kappa shape index (κ1) is 18.0. The number of amides is 1. The molecule has 0 fully saturated rings. The number of carbonyl (C=O) groups is 1. The lowest BCUT2D eigenvalue weighted by Crippen LogP contribution is -2.33. The van der Waals surface area contributed by atoms with E-state index in [1.54, 1.807) is 33.3 Å². The second kappa shape index (κ2) is 7.61. The highest BCUT2D eigenvalue weighted by atomic mass is 32.1. The monoisotopic (exact) mass is 372 g/mol. The van der Waals surface area contributed by atoms with Crippen LogP contribution in [0.25, 0.3) is 10.1 Å². The fraction of sp³-hybridized carbons (Fsp3) is 0.263. The van der Waals surface area contributed by atoms with Crippen molar-refractivity contribution < 1.29 is 14.3 Å². The normalized spacial score (nSPS) is 12.0. The molecular weight excluding hydrogens is 352 g/mol. The van der Waals surface area contributed by atoms with Crippen LogP contribution in [0.2, 0.25) is 0 Å². The van der Waals surface area contributed by atoms with Gasteiger partial charge in [-0.05, 0) is 36.8 Å². The molecule has 1 heterocycles. The van der Waals surface area contributed by atoms with E-state index in [0.717, 1.165) is 10.3 Å². The Hall–Kier alpha value is -2.80. The Kier molecular flexibility index (Phi) is 5.27. The van der Waals surface area contributed by atoms with E-state index < -0.39 is 6.04 Å². The molecule has 1 aromatic heterocycles. The minimum atomic E-state index is -0.583. The number of aromatic nitrogens is 1. The molecule has 0 unspecified atom stereocenters. The zero-order valence-electron chi connectivity index (χ0n) is 14.8. The van der Waals surface area contributed by atoms with Crippen molar-refractivity contribution in [3.05, 3.63) is 58.4 Å². The summed E-state index contributed by atoms with van der Waals surface area (Å²) >= 11 is 1.30. The van der Waals surface area contributed by atoms with Crippen LogP contribution in [-0.2, 0) is 11.3 Å². The molecule has 1 N–H and O–H groups in total. The van der Waals surface area contributed by atoms with E-state index in [1.807, 2.05) is 30.3 Å². The average Bonchev–Trinajstić information content (AvgIpc) is 3.02. The fourth-order valence-electron chi connectivity index (χ4n) is 2.68. The molecule has 2 aromatic carbocycles. The maximum atomic E-state index is 12.5. The van der Waals surface area contributed by atoms with Gasteiger partial charge in [0.15, 0.2) is 11.5 Å². The summed E-state index contributed by atoms with van der Waals surface area (Å²) in [7, 11) is 3.14. The number of carbonyl (C=O) groups excluding carboxylic acids is 1. The highest BCUT2D eigenvalue weighted by molar-refractivity contribution is 7.14. The van der Waals surface area contributed by atoms with Crippen molar-refractivity contribution in [2.75, 3.05) is 14.2 Å². The van der Waals surface area contributed by atoms with Crippen LogP contribution in [0.4, 0.5) is 0 Å². The molecule has 0 spiro atoms. The van der Waals surface area contributed by atoms with Crippen molar-refractivity contribution in [3.8, 4) is 11.5 Å². The van der Waals surface area contributed by atoms with Gasteiger partial charge in [0.05, 0.1) is 24.3 Å². The van der Waals surface area contributed by atoms with Gasteiger partial charge >= 0.3 is 0 Å². The van der Waals surface area contributed by atoms with Crippen molar-refractivity contribution in [3.63, 3.8) is 0 Å². The molecule has 3 aromatic rings. The van der Waals surface area contributed by atoms with Crippen LogP contribution in [0.5, 0.6) is 11.5 Å². The van der Waals surface area contributed by atoms with Gasteiger partial charge in [-0.2, -0.15) is 0 Å². The van der Waals surface area contributed by atoms with Gasteiger partial charge < -0.3 is 14.8 Å². The second-order valence-corrected chi connectivity index (χ2v) is 6.82. The number of hydrogen-bond acceptors (Lipinski definition) is 5. The predicted molar refractivity (Wildman–Crippen MR) is 102 cm³/mol. The maximum absolute atomic E-state index is 12.5. The van der Waals surface area contributed by atoms with Crippen LogP contribution in [0, 0.1) is 0 Å². The average molecular weight is 372 g/mol. The summed E-state index contributed by atoms with van der Waals surface area (Å²) in [6.45, 7) is 2.06. The molecule has 0 saturated carbocycles. The zero-order valence-corrected chi connectivity index (χ0v) is 15.6. The third-order valence-electron chi connectivity index (χ3n) is 4.16. The minimum Gasteiger partial charge on any atom is -0.493 e. The highest BCUT2D eigenvalue weighted by Crippen LogP contribution is 2.27. The number of nitrogens with zero attached hydrogens (tertiary/aromatic N) is 1. The largest absolute Gasteiger partial charge is 0.493 e. The third kappa shape index (κ3) is 3.43. The Balaban J connectivity index is 1.73. The molecule has 0 radical (unpaired) electrons. The van der Waals surface area contributed by atoms with E-state index in [4.69, 9.17) is 9.47 Å². The molecule has 3 rings (SSSR count). The first-order chi connectivity index (χ1) is 12.5. The highest BCUT2D eigenvalue weighted by Gasteiger charge is 2.19. The van der Waals surface area contributed by atoms with Gasteiger partial charge in [-0.15, -0.1) is 0 Å². The number of ether oxygens (including phenoxy) is 2. The summed E-state index contributed by atoms with van der Waals surface area (Å²) in [5.74, 6) is 1.02. The molecule has 0 aliphatic rings. The molecule has 26 heavy (non-hydrogen) atoms. The Morgan fingerprint density at radius 2 is 1.88 bits per heavy atom. The van der Waals surface area contributed by atoms with E-state index in [9.17, 15) is 9.59 Å². The van der Waals surface area contributed by atoms with Crippen LogP contribution < -0.4 is 20.3 Å². The Bertz CT molecular complexity index is 993. The molecule has 6 nitrogen and oxygen atoms in total. The van der Waals surface area contributed by atoms with E-state index in [0.29, 0.717) is 23.4 Å². The second-order valence-electron chi connectivity index (χ2n) is 5.80. The van der Waals surface area contributed by atoms with E-state index in [2.05, 4.69) is 5.32 Å². The maximum Gasteiger partial charge on any atom is 0.269 e. The predicted octanol–water partition coefficient (Wildman–Crippen LogP) is 2.96. The minimum absolute atomic E-state index is 0.139. The summed E-state index contributed by atoms with van der Waals surface area (Å²) < 4.78 is 12.9. The molecule has 0 saturated heterocycles. The van der Waals surface area contributed by atoms with Gasteiger partial charge in [0, 0.05) is 6.54 Å². The molecule has 0 aliphatic carbocycles. The van der Waals surface area contributed by atoms with E-state index >= 15 is 0 Å². The van der Waals surface area contributed by atoms with Crippen molar-refractivity contribution >= 4 is 27.5 Å². The lowest BCUT2D eigenvalue weighted by Gasteiger charge is -2.13. The quantitative estimate of drug-likeness (QED) is 0.722. The van der Waals surface area contributed by atoms with Gasteiger partial charge in [-0.3, -0.25) is 13.5 Å². The number of rotatable bonds is 6. The molecule has 136 valence electrons. The van der Waals surface area contributed by atoms with Crippen molar-refractivity contribution in [1.29, 1.82) is 0 Å². The van der Waals surface area contributed by atoms with Crippen LogP contribution in [0.3, 0.4) is 0 Å². The van der Waals surface area contributed by atoms with Gasteiger partial charge in [0.2, 0.25) is 5.91 Å². The first-order valence-electron chi connectivity index (χ1n) is 8.14. The number of hydrogen-bond donors (Lipinski definition) is 1. The van der Waals surface area contributed by atoms with Crippen LogP contribution in [-0.4, -0.2) is 24.1 Å². The number of fused-ring (bicyclic) bond motifs is 1. The molecular formula is C19H20N2O4S. The van der Waals surface area contributed by atoms with E-state index in [1.165, 1.54) is 15.5 Å². The van der Waals surface area contributed by atoms with Crippen molar-refractivity contribution in [2.45, 2.75) is 19.5 Å². The SMILES string of the molecule is COc1ccc(CNC(=O)[C@H](C)n2sc3ccccc3c2=O)cc1OC. The fourth-order valence-corrected chi connectivity index (χ4v) is 3.72.